The molecule has 0 aliphatic heterocycles. The summed E-state index contributed by atoms with van der Waals surface area (Å²) in [6, 6.07) is 0. The number of rotatable bonds is 3. The number of halogens is 5. The molecule has 0 spiro atoms. The Balaban J connectivity index is 4.57. The van der Waals surface area contributed by atoms with Gasteiger partial charge in [-0.15, -0.1) is 7.77 Å². The fourth-order valence-electron chi connectivity index (χ4n) is 0.694. The van der Waals surface area contributed by atoms with Crippen LogP contribution in [0.4, 0.5) is 20.9 Å². The molecule has 0 saturated carbocycles. The van der Waals surface area contributed by atoms with Crippen LogP contribution in [0, 0.1) is 0 Å². The quantitative estimate of drug-likeness (QED) is 0.647. The Morgan fingerprint density at radius 3 is 1.50 bits per heavy atom. The van der Waals surface area contributed by atoms with Crippen molar-refractivity contribution in [2.75, 3.05) is 13.1 Å². The summed E-state index contributed by atoms with van der Waals surface area (Å²) < 4.78 is 60.2. The van der Waals surface area contributed by atoms with Crippen molar-refractivity contribution in [3.8, 4) is 0 Å². The Hall–Kier alpha value is -0.0400. The maximum Gasteiger partial charge on any atom is 0.492 e. The molecule has 0 atom stereocenters. The highest BCUT2D eigenvalue weighted by Crippen LogP contribution is 2.66. The van der Waals surface area contributed by atoms with E-state index in [0.717, 1.165) is 0 Å². The molecule has 76 valence electrons. The molecule has 1 nitrogen and oxygen atoms in total. The first kappa shape index (κ1) is 12.0. The van der Waals surface area contributed by atoms with Crippen LogP contribution in [0.25, 0.3) is 0 Å². The van der Waals surface area contributed by atoms with E-state index in [0.29, 0.717) is 0 Å². The highest BCUT2D eigenvalue weighted by Gasteiger charge is 2.56. The van der Waals surface area contributed by atoms with Gasteiger partial charge < -0.3 is 0 Å². The van der Waals surface area contributed by atoms with Gasteiger partial charge in [-0.25, -0.2) is 4.31 Å². The van der Waals surface area contributed by atoms with Gasteiger partial charge in [0.25, 0.3) is 0 Å². The highest BCUT2D eigenvalue weighted by molar-refractivity contribution is 8.24. The van der Waals surface area contributed by atoms with Gasteiger partial charge in [-0.2, -0.15) is 13.2 Å². The van der Waals surface area contributed by atoms with E-state index >= 15 is 0 Å². The molecule has 0 rings (SSSR count). The first-order chi connectivity index (χ1) is 5.27. The van der Waals surface area contributed by atoms with Crippen LogP contribution >= 0.6 is 11.0 Å². The second-order valence-corrected chi connectivity index (χ2v) is 3.87. The summed E-state index contributed by atoms with van der Waals surface area (Å²) in [6.45, 7) is 1.96. The maximum atomic E-state index is 12.5. The average molecular weight is 211 g/mol. The van der Waals surface area contributed by atoms with Crippen molar-refractivity contribution in [1.29, 1.82) is 0 Å². The third-order valence-electron chi connectivity index (χ3n) is 1.31. The molecule has 0 bridgehead atoms. The SMILES string of the molecule is CCN(CC)S(F)(F)C(F)(F)F. The van der Waals surface area contributed by atoms with Crippen molar-refractivity contribution >= 4 is 11.0 Å². The average Bonchev–Trinajstić information content (AvgIpc) is 1.87. The molecular formula is C5H10F5NS. The summed E-state index contributed by atoms with van der Waals surface area (Å²) in [5.74, 6) is 0. The molecule has 0 N–H and O–H groups in total. The van der Waals surface area contributed by atoms with E-state index in [-0.39, 0.29) is 17.4 Å². The summed E-state index contributed by atoms with van der Waals surface area (Å²) in [5, 5.41) is 0. The summed E-state index contributed by atoms with van der Waals surface area (Å²) in [6.07, 6.45) is 0. The first-order valence-electron chi connectivity index (χ1n) is 3.31. The number of hydrogen-bond donors (Lipinski definition) is 0. The van der Waals surface area contributed by atoms with E-state index in [1.165, 1.54) is 13.8 Å². The Labute approximate surface area is 69.6 Å². The molecule has 12 heavy (non-hydrogen) atoms. The molecular weight excluding hydrogens is 201 g/mol. The second-order valence-electron chi connectivity index (χ2n) is 2.00. The lowest BCUT2D eigenvalue weighted by Gasteiger charge is -2.33. The fraction of sp³-hybridized carbons (Fsp3) is 1.00. The van der Waals surface area contributed by atoms with Crippen molar-refractivity contribution in [3.63, 3.8) is 0 Å². The van der Waals surface area contributed by atoms with Gasteiger partial charge in [0.1, 0.15) is 0 Å². The molecule has 0 aliphatic rings. The van der Waals surface area contributed by atoms with E-state index in [2.05, 4.69) is 0 Å². The predicted octanol–water partition coefficient (Wildman–Crippen LogP) is 3.34. The molecule has 0 aromatic heterocycles. The number of nitrogens with zero attached hydrogens (tertiary/aromatic N) is 1. The van der Waals surface area contributed by atoms with Crippen LogP contribution in [0.1, 0.15) is 13.8 Å². The first-order valence-corrected chi connectivity index (χ1v) is 4.70. The third kappa shape index (κ3) is 2.22. The Morgan fingerprint density at radius 2 is 1.42 bits per heavy atom. The van der Waals surface area contributed by atoms with Gasteiger partial charge in [-0.05, 0) is 0 Å². The smallest absolute Gasteiger partial charge is 0.212 e. The zero-order chi connectivity index (χ0) is 9.99. The molecule has 0 radical (unpaired) electrons. The van der Waals surface area contributed by atoms with Gasteiger partial charge in [0, 0.05) is 13.1 Å². The van der Waals surface area contributed by atoms with Crippen molar-refractivity contribution in [2.45, 2.75) is 19.4 Å². The Morgan fingerprint density at radius 1 is 1.08 bits per heavy atom. The van der Waals surface area contributed by atoms with Crippen LogP contribution in [0.15, 0.2) is 0 Å². The maximum absolute atomic E-state index is 12.5. The van der Waals surface area contributed by atoms with Gasteiger partial charge in [-0.3, -0.25) is 0 Å². The minimum absolute atomic E-state index is 0.146. The van der Waals surface area contributed by atoms with Crippen LogP contribution in [0.3, 0.4) is 0 Å². The Kier molecular flexibility index (Phi) is 3.77. The van der Waals surface area contributed by atoms with Gasteiger partial charge in [0.2, 0.25) is 11.0 Å². The van der Waals surface area contributed by atoms with Gasteiger partial charge >= 0.3 is 5.51 Å². The van der Waals surface area contributed by atoms with E-state index in [4.69, 9.17) is 0 Å². The van der Waals surface area contributed by atoms with E-state index in [1.807, 2.05) is 0 Å². The number of alkyl halides is 3. The van der Waals surface area contributed by atoms with Gasteiger partial charge in [0.15, 0.2) is 0 Å². The zero-order valence-corrected chi connectivity index (χ0v) is 7.48. The van der Waals surface area contributed by atoms with Crippen molar-refractivity contribution in [1.82, 2.24) is 4.31 Å². The number of hydrogen-bond acceptors (Lipinski definition) is 1. The minimum Gasteiger partial charge on any atom is -0.212 e. The molecule has 0 heterocycles. The lowest BCUT2D eigenvalue weighted by molar-refractivity contribution is -0.0519. The van der Waals surface area contributed by atoms with Gasteiger partial charge in [0.05, 0.1) is 0 Å². The minimum atomic E-state index is -5.61. The monoisotopic (exact) mass is 211 g/mol. The summed E-state index contributed by atoms with van der Waals surface area (Å²) >= 11 is 0. The molecule has 0 saturated heterocycles. The molecule has 0 aliphatic carbocycles. The molecule has 0 unspecified atom stereocenters. The normalized spacial score (nSPS) is 15.3. The van der Waals surface area contributed by atoms with Gasteiger partial charge in [-0.1, -0.05) is 13.8 Å². The van der Waals surface area contributed by atoms with E-state index < -0.39 is 16.5 Å². The van der Waals surface area contributed by atoms with Crippen molar-refractivity contribution in [2.24, 2.45) is 0 Å². The largest absolute Gasteiger partial charge is 0.492 e. The van der Waals surface area contributed by atoms with Crippen LogP contribution in [0.2, 0.25) is 0 Å². The lowest BCUT2D eigenvalue weighted by atomic mass is 10.7. The fourth-order valence-corrected chi connectivity index (χ4v) is 1.64. The molecule has 0 fully saturated rings. The second kappa shape index (κ2) is 3.78. The van der Waals surface area contributed by atoms with Crippen LogP contribution in [-0.2, 0) is 0 Å². The Bertz CT molecular complexity index is 141. The van der Waals surface area contributed by atoms with Crippen LogP contribution in [0.5, 0.6) is 0 Å². The highest BCUT2D eigenvalue weighted by atomic mass is 32.3. The zero-order valence-electron chi connectivity index (χ0n) is 6.66. The van der Waals surface area contributed by atoms with E-state index in [9.17, 15) is 20.9 Å². The molecule has 0 aromatic rings. The molecule has 7 heteroatoms. The topological polar surface area (TPSA) is 3.24 Å². The van der Waals surface area contributed by atoms with Crippen molar-refractivity contribution in [3.05, 3.63) is 0 Å². The summed E-state index contributed by atoms with van der Waals surface area (Å²) in [4.78, 5) is 0. The van der Waals surface area contributed by atoms with Crippen LogP contribution < -0.4 is 0 Å². The van der Waals surface area contributed by atoms with Crippen LogP contribution in [-0.4, -0.2) is 22.9 Å². The lowest BCUT2D eigenvalue weighted by Crippen LogP contribution is -2.31. The summed E-state index contributed by atoms with van der Waals surface area (Å²) in [7, 11) is -5.61. The third-order valence-corrected chi connectivity index (χ3v) is 3.03. The van der Waals surface area contributed by atoms with Crippen molar-refractivity contribution < 1.29 is 20.9 Å². The molecule has 0 aromatic carbocycles. The molecule has 0 amide bonds. The van der Waals surface area contributed by atoms with E-state index in [1.54, 1.807) is 0 Å². The summed E-state index contributed by atoms with van der Waals surface area (Å²) in [5.41, 5.74) is -5.40. The predicted molar refractivity (Wildman–Crippen MR) is 38.8 cm³/mol. The standard InChI is InChI=1S/C5H10F5NS/c1-3-11(4-2)12(9,10)5(6,7)8/h3-4H2,1-2H3.